The maximum atomic E-state index is 6.91. The van der Waals surface area contributed by atoms with E-state index in [0.717, 1.165) is 46.7 Å². The molecule has 1 unspecified atom stereocenters. The van der Waals surface area contributed by atoms with Gasteiger partial charge in [-0.2, -0.15) is 0 Å². The van der Waals surface area contributed by atoms with Gasteiger partial charge in [0.25, 0.3) is 0 Å². The summed E-state index contributed by atoms with van der Waals surface area (Å²) in [5.74, 6) is 1.45. The molecule has 1 aliphatic carbocycles. The molecule has 1 heterocycles. The Morgan fingerprint density at radius 2 is 1.70 bits per heavy atom. The maximum absolute atomic E-state index is 6.91. The van der Waals surface area contributed by atoms with Crippen LogP contribution in [-0.4, -0.2) is 0 Å². The third-order valence-corrected chi connectivity index (χ3v) is 8.27. The summed E-state index contributed by atoms with van der Waals surface area (Å²) >= 11 is 29.9. The van der Waals surface area contributed by atoms with Crippen molar-refractivity contribution in [2.45, 2.75) is 40.0 Å². The summed E-state index contributed by atoms with van der Waals surface area (Å²) in [4.78, 5) is 0. The van der Waals surface area contributed by atoms with Crippen LogP contribution in [0, 0.1) is 11.3 Å². The van der Waals surface area contributed by atoms with E-state index in [1.54, 1.807) is 0 Å². The highest BCUT2D eigenvalue weighted by atomic mass is 79.9. The Kier molecular flexibility index (Phi) is 5.13. The number of fused-ring (bicyclic) bond motifs is 4. The zero-order chi connectivity index (χ0) is 19.7. The highest BCUT2D eigenvalue weighted by Gasteiger charge is 2.38. The van der Waals surface area contributed by atoms with E-state index in [4.69, 9.17) is 50.8 Å². The quantitative estimate of drug-likeness (QED) is 0.218. The summed E-state index contributed by atoms with van der Waals surface area (Å²) in [5, 5.41) is 4.48. The lowest BCUT2D eigenvalue weighted by Crippen LogP contribution is -2.27. The minimum absolute atomic E-state index is 0.209. The van der Waals surface area contributed by atoms with E-state index in [1.165, 1.54) is 0 Å². The average Bonchev–Trinajstić information content (AvgIpc) is 2.61. The molecular weight excluding hydrogens is 490 g/mol. The van der Waals surface area contributed by atoms with E-state index < -0.39 is 0 Å². The molecule has 1 atom stereocenters. The fourth-order valence-corrected chi connectivity index (χ4v) is 5.70. The lowest BCUT2D eigenvalue weighted by atomic mass is 9.72. The molecule has 142 valence electrons. The maximum Gasteiger partial charge on any atom is 0.382 e. The first kappa shape index (κ1) is 20.0. The molecular formula is C21H18BrCl4O+. The Morgan fingerprint density at radius 3 is 2.37 bits per heavy atom. The van der Waals surface area contributed by atoms with Crippen molar-refractivity contribution in [3.05, 3.63) is 48.0 Å². The number of hydrogen-bond acceptors (Lipinski definition) is 0. The zero-order valence-corrected chi connectivity index (χ0v) is 19.8. The van der Waals surface area contributed by atoms with E-state index in [0.29, 0.717) is 36.1 Å². The molecule has 1 aliphatic rings. The van der Waals surface area contributed by atoms with E-state index in [1.807, 2.05) is 12.1 Å². The van der Waals surface area contributed by atoms with Gasteiger partial charge in [0.2, 0.25) is 0 Å². The molecule has 2 aromatic carbocycles. The summed E-state index contributed by atoms with van der Waals surface area (Å²) in [7, 11) is 0. The number of benzene rings is 2. The van der Waals surface area contributed by atoms with Gasteiger partial charge < -0.3 is 0 Å². The summed E-state index contributed by atoms with van der Waals surface area (Å²) in [5.41, 5.74) is 1.83. The molecule has 1 aromatic heterocycles. The fourth-order valence-electron chi connectivity index (χ4n) is 3.98. The lowest BCUT2D eigenvalue weighted by molar-refractivity contribution is 0.202. The van der Waals surface area contributed by atoms with Crippen LogP contribution in [0.2, 0.25) is 20.1 Å². The van der Waals surface area contributed by atoms with Gasteiger partial charge in [-0.3, -0.25) is 0 Å². The lowest BCUT2D eigenvalue weighted by Gasteiger charge is -2.31. The molecule has 4 rings (SSSR count). The van der Waals surface area contributed by atoms with Crippen molar-refractivity contribution in [2.75, 3.05) is 0 Å². The Morgan fingerprint density at radius 1 is 1.00 bits per heavy atom. The van der Waals surface area contributed by atoms with Crippen LogP contribution in [0.5, 0.6) is 0 Å². The van der Waals surface area contributed by atoms with Gasteiger partial charge in [-0.05, 0) is 46.2 Å². The third kappa shape index (κ3) is 3.16. The predicted octanol–water partition coefficient (Wildman–Crippen LogP) is 9.39. The van der Waals surface area contributed by atoms with E-state index in [-0.39, 0.29) is 5.41 Å². The largest absolute Gasteiger partial charge is 0.382 e. The van der Waals surface area contributed by atoms with Gasteiger partial charge in [0, 0.05) is 15.2 Å². The van der Waals surface area contributed by atoms with Crippen molar-refractivity contribution in [1.82, 2.24) is 0 Å². The average molecular weight is 508 g/mol. The summed E-state index contributed by atoms with van der Waals surface area (Å²) < 4.78 is 7.04. The van der Waals surface area contributed by atoms with E-state index in [9.17, 15) is 0 Å². The van der Waals surface area contributed by atoms with Crippen LogP contribution in [0.4, 0.5) is 0 Å². The van der Waals surface area contributed by atoms with Gasteiger partial charge in [0.05, 0.1) is 27.1 Å². The number of hydrogen-bond donors (Lipinski definition) is 0. The third-order valence-electron chi connectivity index (χ3n) is 5.65. The van der Waals surface area contributed by atoms with Crippen molar-refractivity contribution in [2.24, 2.45) is 11.3 Å². The molecule has 0 amide bonds. The van der Waals surface area contributed by atoms with Crippen LogP contribution in [0.3, 0.4) is 0 Å². The van der Waals surface area contributed by atoms with Crippen LogP contribution < -0.4 is 0 Å². The second-order valence-corrected chi connectivity index (χ2v) is 10.6. The normalized spacial score (nSPS) is 17.6. The molecule has 3 aromatic rings. The van der Waals surface area contributed by atoms with Crippen LogP contribution in [0.15, 0.2) is 21.0 Å². The Balaban J connectivity index is 2.08. The SMILES string of the molecule is CC(C)(C)C1CCc2c([o+]c3c(Cl)c(Cl)c4c(Br)c(Cl)ccc4c3c2Cl)C1. The van der Waals surface area contributed by atoms with E-state index >= 15 is 0 Å². The molecule has 0 aliphatic heterocycles. The Labute approximate surface area is 187 Å². The Hall–Kier alpha value is -0.250. The predicted molar refractivity (Wildman–Crippen MR) is 121 cm³/mol. The highest BCUT2D eigenvalue weighted by molar-refractivity contribution is 9.10. The summed E-state index contributed by atoms with van der Waals surface area (Å²) in [6.07, 6.45) is 2.84. The van der Waals surface area contributed by atoms with Gasteiger partial charge in [-0.25, -0.2) is 4.42 Å². The zero-order valence-electron chi connectivity index (χ0n) is 15.2. The minimum Gasteiger partial charge on any atom is -0.210 e. The smallest absolute Gasteiger partial charge is 0.210 e. The fraction of sp³-hybridized carbons (Fsp3) is 0.381. The van der Waals surface area contributed by atoms with Gasteiger partial charge in [-0.1, -0.05) is 73.2 Å². The van der Waals surface area contributed by atoms with Gasteiger partial charge in [-0.15, -0.1) is 0 Å². The van der Waals surface area contributed by atoms with Gasteiger partial charge >= 0.3 is 11.3 Å². The highest BCUT2D eigenvalue weighted by Crippen LogP contribution is 2.49. The van der Waals surface area contributed by atoms with Crippen molar-refractivity contribution in [1.29, 1.82) is 0 Å². The van der Waals surface area contributed by atoms with E-state index in [2.05, 4.69) is 36.7 Å². The van der Waals surface area contributed by atoms with Crippen LogP contribution >= 0.6 is 62.3 Å². The van der Waals surface area contributed by atoms with Crippen LogP contribution in [0.1, 0.15) is 38.5 Å². The molecule has 0 spiro atoms. The molecule has 6 heteroatoms. The Bertz CT molecular complexity index is 1100. The topological polar surface area (TPSA) is 11.3 Å². The molecule has 1 nitrogen and oxygen atoms in total. The van der Waals surface area contributed by atoms with Crippen LogP contribution in [-0.2, 0) is 12.8 Å². The van der Waals surface area contributed by atoms with Crippen LogP contribution in [0.25, 0.3) is 21.7 Å². The van der Waals surface area contributed by atoms with Crippen molar-refractivity contribution >= 4 is 84.1 Å². The molecule has 0 fully saturated rings. The minimum atomic E-state index is 0.209. The molecule has 27 heavy (non-hydrogen) atoms. The first-order valence-electron chi connectivity index (χ1n) is 8.83. The standard InChI is InChI=1S/C21H18BrCl4O/c1-21(2,3)9-4-5-10-13(8-9)27-20-15(17(10)24)11-6-7-12(23)16(22)14(11)18(25)19(20)26/h6-7,9H,4-5,8H2,1-3H3/q+1. The summed E-state index contributed by atoms with van der Waals surface area (Å²) in [6.45, 7) is 6.80. The molecule has 0 N–H and O–H groups in total. The molecule has 0 radical (unpaired) electrons. The van der Waals surface area contributed by atoms with Crippen molar-refractivity contribution in [3.8, 4) is 0 Å². The molecule has 0 bridgehead atoms. The second-order valence-electron chi connectivity index (χ2n) is 8.24. The second kappa shape index (κ2) is 6.92. The van der Waals surface area contributed by atoms with Crippen molar-refractivity contribution < 1.29 is 4.42 Å². The van der Waals surface area contributed by atoms with Gasteiger partial charge in [0.1, 0.15) is 5.39 Å². The molecule has 0 saturated heterocycles. The molecule has 0 saturated carbocycles. The first-order valence-corrected chi connectivity index (χ1v) is 11.1. The monoisotopic (exact) mass is 505 g/mol. The first-order chi connectivity index (χ1) is 12.6. The number of rotatable bonds is 0. The number of halogens is 5. The van der Waals surface area contributed by atoms with Crippen molar-refractivity contribution in [3.63, 3.8) is 0 Å². The van der Waals surface area contributed by atoms with Gasteiger partial charge in [0.15, 0.2) is 5.02 Å². The summed E-state index contributed by atoms with van der Waals surface area (Å²) in [6, 6.07) is 3.74.